The zero-order chi connectivity index (χ0) is 20.9. The number of aromatic nitrogens is 3. The largest absolute Gasteiger partial charge is 0.342 e. The average molecular weight is 425 g/mol. The fourth-order valence-electron chi connectivity index (χ4n) is 3.64. The predicted octanol–water partition coefficient (Wildman–Crippen LogP) is 4.88. The van der Waals surface area contributed by atoms with Crippen LogP contribution in [0.2, 0.25) is 0 Å². The lowest BCUT2D eigenvalue weighted by Gasteiger charge is -2.20. The normalized spacial score (nSPS) is 14.5. The van der Waals surface area contributed by atoms with E-state index < -0.39 is 0 Å². The maximum atomic E-state index is 14.5. The molecule has 0 aliphatic carbocycles. The van der Waals surface area contributed by atoms with Gasteiger partial charge in [-0.15, -0.1) is 10.2 Å². The number of halogens is 1. The summed E-state index contributed by atoms with van der Waals surface area (Å²) in [4.78, 5) is 14.7. The van der Waals surface area contributed by atoms with Crippen molar-refractivity contribution < 1.29 is 9.18 Å². The SMILES string of the molecule is Cc1ccc(-n2c(SCC(=O)N3CCCCCC3)nnc2-c2ccccc2F)cc1. The van der Waals surface area contributed by atoms with E-state index in [2.05, 4.69) is 10.2 Å². The van der Waals surface area contributed by atoms with Crippen LogP contribution in [0.4, 0.5) is 4.39 Å². The molecule has 2 heterocycles. The zero-order valence-electron chi connectivity index (χ0n) is 17.1. The highest BCUT2D eigenvalue weighted by atomic mass is 32.2. The Morgan fingerprint density at radius 1 is 1.00 bits per heavy atom. The number of nitrogens with zero attached hydrogens (tertiary/aromatic N) is 4. The van der Waals surface area contributed by atoms with Crippen molar-refractivity contribution in [3.63, 3.8) is 0 Å². The molecule has 7 heteroatoms. The molecule has 1 fully saturated rings. The highest BCUT2D eigenvalue weighted by Gasteiger charge is 2.21. The minimum Gasteiger partial charge on any atom is -0.342 e. The van der Waals surface area contributed by atoms with E-state index in [4.69, 9.17) is 0 Å². The third-order valence-corrected chi connectivity index (χ3v) is 6.24. The molecule has 1 saturated heterocycles. The smallest absolute Gasteiger partial charge is 0.233 e. The van der Waals surface area contributed by atoms with Gasteiger partial charge in [0.2, 0.25) is 5.91 Å². The minimum atomic E-state index is -0.351. The molecule has 1 aromatic heterocycles. The molecule has 2 aromatic carbocycles. The maximum absolute atomic E-state index is 14.5. The van der Waals surface area contributed by atoms with Crippen molar-refractivity contribution in [1.29, 1.82) is 0 Å². The molecule has 0 atom stereocenters. The second kappa shape index (κ2) is 9.43. The highest BCUT2D eigenvalue weighted by molar-refractivity contribution is 7.99. The van der Waals surface area contributed by atoms with Crippen LogP contribution in [0.15, 0.2) is 53.7 Å². The van der Waals surface area contributed by atoms with Gasteiger partial charge < -0.3 is 4.90 Å². The molecule has 0 N–H and O–H groups in total. The topological polar surface area (TPSA) is 51.0 Å². The molecule has 156 valence electrons. The lowest BCUT2D eigenvalue weighted by Crippen LogP contribution is -2.33. The molecule has 4 rings (SSSR count). The van der Waals surface area contributed by atoms with Crippen LogP contribution in [0, 0.1) is 12.7 Å². The van der Waals surface area contributed by atoms with Crippen LogP contribution in [-0.2, 0) is 4.79 Å². The van der Waals surface area contributed by atoms with Crippen LogP contribution in [0.1, 0.15) is 31.2 Å². The molecule has 0 saturated carbocycles. The Labute approximate surface area is 180 Å². The van der Waals surface area contributed by atoms with Gasteiger partial charge in [-0.1, -0.05) is 54.4 Å². The number of amides is 1. The van der Waals surface area contributed by atoms with Crippen LogP contribution in [-0.4, -0.2) is 44.4 Å². The summed E-state index contributed by atoms with van der Waals surface area (Å²) < 4.78 is 16.3. The maximum Gasteiger partial charge on any atom is 0.233 e. The Morgan fingerprint density at radius 3 is 2.40 bits per heavy atom. The van der Waals surface area contributed by atoms with E-state index in [-0.39, 0.29) is 11.7 Å². The summed E-state index contributed by atoms with van der Waals surface area (Å²) >= 11 is 1.35. The third-order valence-electron chi connectivity index (χ3n) is 5.32. The summed E-state index contributed by atoms with van der Waals surface area (Å²) in [7, 11) is 0. The summed E-state index contributed by atoms with van der Waals surface area (Å²) in [5.41, 5.74) is 2.36. The van der Waals surface area contributed by atoms with Gasteiger partial charge >= 0.3 is 0 Å². The molecule has 1 amide bonds. The van der Waals surface area contributed by atoms with Crippen LogP contribution < -0.4 is 0 Å². The molecular weight excluding hydrogens is 399 g/mol. The van der Waals surface area contributed by atoms with Gasteiger partial charge in [0, 0.05) is 18.8 Å². The molecular formula is C23H25FN4OS. The van der Waals surface area contributed by atoms with Gasteiger partial charge in [0.25, 0.3) is 0 Å². The molecule has 30 heavy (non-hydrogen) atoms. The van der Waals surface area contributed by atoms with Crippen molar-refractivity contribution in [1.82, 2.24) is 19.7 Å². The van der Waals surface area contributed by atoms with E-state index in [9.17, 15) is 9.18 Å². The van der Waals surface area contributed by atoms with Crippen molar-refractivity contribution >= 4 is 17.7 Å². The van der Waals surface area contributed by atoms with Crippen LogP contribution >= 0.6 is 11.8 Å². The van der Waals surface area contributed by atoms with Crippen molar-refractivity contribution in [3.05, 3.63) is 59.9 Å². The van der Waals surface area contributed by atoms with E-state index in [1.54, 1.807) is 18.2 Å². The molecule has 0 bridgehead atoms. The third kappa shape index (κ3) is 4.56. The summed E-state index contributed by atoms with van der Waals surface area (Å²) in [6, 6.07) is 14.5. The Morgan fingerprint density at radius 2 is 1.70 bits per heavy atom. The van der Waals surface area contributed by atoms with Gasteiger partial charge in [-0.25, -0.2) is 4.39 Å². The standard InChI is InChI=1S/C23H25FN4OS/c1-17-10-12-18(13-11-17)28-22(19-8-4-5-9-20(19)24)25-26-23(28)30-16-21(29)27-14-6-2-3-7-15-27/h4-5,8-13H,2-3,6-7,14-16H2,1H3. The number of hydrogen-bond donors (Lipinski definition) is 0. The lowest BCUT2D eigenvalue weighted by atomic mass is 10.2. The molecule has 1 aliphatic rings. The lowest BCUT2D eigenvalue weighted by molar-refractivity contribution is -0.128. The van der Waals surface area contributed by atoms with Crippen LogP contribution in [0.5, 0.6) is 0 Å². The van der Waals surface area contributed by atoms with Gasteiger partial charge in [0.05, 0.1) is 11.3 Å². The Kier molecular flexibility index (Phi) is 6.47. The quantitative estimate of drug-likeness (QED) is 0.548. The molecule has 0 radical (unpaired) electrons. The van der Waals surface area contributed by atoms with E-state index in [0.29, 0.717) is 22.3 Å². The van der Waals surface area contributed by atoms with Crippen molar-refractivity contribution in [3.8, 4) is 17.1 Å². The van der Waals surface area contributed by atoms with Gasteiger partial charge in [-0.2, -0.15) is 0 Å². The van der Waals surface area contributed by atoms with Gasteiger partial charge in [0.1, 0.15) is 5.82 Å². The first kappa shape index (κ1) is 20.6. The van der Waals surface area contributed by atoms with E-state index in [1.165, 1.54) is 30.7 Å². The summed E-state index contributed by atoms with van der Waals surface area (Å²) in [6.07, 6.45) is 4.50. The zero-order valence-corrected chi connectivity index (χ0v) is 17.9. The van der Waals surface area contributed by atoms with Gasteiger partial charge in [-0.05, 0) is 44.0 Å². The minimum absolute atomic E-state index is 0.118. The predicted molar refractivity (Wildman–Crippen MR) is 117 cm³/mol. The second-order valence-corrected chi connectivity index (χ2v) is 8.48. The first-order valence-corrected chi connectivity index (χ1v) is 11.3. The Balaban J connectivity index is 1.63. The van der Waals surface area contributed by atoms with E-state index in [1.807, 2.05) is 40.7 Å². The first-order valence-electron chi connectivity index (χ1n) is 10.3. The monoisotopic (exact) mass is 424 g/mol. The molecule has 1 aliphatic heterocycles. The Hall–Kier alpha value is -2.67. The van der Waals surface area contributed by atoms with Crippen LogP contribution in [0.3, 0.4) is 0 Å². The van der Waals surface area contributed by atoms with Gasteiger partial charge in [0.15, 0.2) is 11.0 Å². The molecule has 5 nitrogen and oxygen atoms in total. The number of carbonyl (C=O) groups is 1. The average Bonchev–Trinajstić information content (AvgIpc) is 2.97. The highest BCUT2D eigenvalue weighted by Crippen LogP contribution is 2.29. The number of rotatable bonds is 5. The first-order chi connectivity index (χ1) is 14.6. The van der Waals surface area contributed by atoms with Crippen molar-refractivity contribution in [2.75, 3.05) is 18.8 Å². The number of carbonyl (C=O) groups excluding carboxylic acids is 1. The fourth-order valence-corrected chi connectivity index (χ4v) is 4.50. The van der Waals surface area contributed by atoms with Gasteiger partial charge in [-0.3, -0.25) is 9.36 Å². The number of thioether (sulfide) groups is 1. The second-order valence-electron chi connectivity index (χ2n) is 7.54. The molecule has 3 aromatic rings. The number of hydrogen-bond acceptors (Lipinski definition) is 4. The summed E-state index contributed by atoms with van der Waals surface area (Å²) in [5, 5.41) is 9.17. The molecule has 0 spiro atoms. The Bertz CT molecular complexity index is 1010. The number of aryl methyl sites for hydroxylation is 1. The van der Waals surface area contributed by atoms with E-state index >= 15 is 0 Å². The summed E-state index contributed by atoms with van der Waals surface area (Å²) in [5.74, 6) is 0.492. The van der Waals surface area contributed by atoms with E-state index in [0.717, 1.165) is 37.2 Å². The van der Waals surface area contributed by atoms with Crippen LogP contribution in [0.25, 0.3) is 17.1 Å². The van der Waals surface area contributed by atoms with Crippen molar-refractivity contribution in [2.45, 2.75) is 37.8 Å². The van der Waals surface area contributed by atoms with Crippen molar-refractivity contribution in [2.24, 2.45) is 0 Å². The number of benzene rings is 2. The summed E-state index contributed by atoms with van der Waals surface area (Å²) in [6.45, 7) is 3.66. The number of likely N-dealkylation sites (tertiary alicyclic amines) is 1. The fraction of sp³-hybridized carbons (Fsp3) is 0.348. The molecule has 0 unspecified atom stereocenters.